The van der Waals surface area contributed by atoms with Gasteiger partial charge in [0.15, 0.2) is 0 Å². The lowest BCUT2D eigenvalue weighted by Crippen LogP contribution is -2.65. The Balaban J connectivity index is 1.56. The largest absolute Gasteiger partial charge is 0.397 e. The normalized spacial score (nSPS) is 49.7. The molecule has 0 amide bonds. The van der Waals surface area contributed by atoms with Crippen molar-refractivity contribution in [1.82, 2.24) is 0 Å². The first-order chi connectivity index (χ1) is 15.8. The second kappa shape index (κ2) is 9.56. The van der Waals surface area contributed by atoms with Crippen LogP contribution in [0.15, 0.2) is 0 Å². The zero-order valence-electron chi connectivity index (χ0n) is 21.3. The molecule has 4 fully saturated rings. The molecule has 34 heavy (non-hydrogen) atoms. The van der Waals surface area contributed by atoms with Crippen LogP contribution in [0.1, 0.15) is 85.5 Å². The lowest BCUT2D eigenvalue weighted by molar-refractivity contribution is -0.235. The van der Waals surface area contributed by atoms with Crippen molar-refractivity contribution in [3.05, 3.63) is 0 Å². The fourth-order valence-electron chi connectivity index (χ4n) is 9.82. The van der Waals surface area contributed by atoms with Crippen molar-refractivity contribution in [1.29, 1.82) is 0 Å². The molecule has 4 aliphatic carbocycles. The second-order valence-corrected chi connectivity index (χ2v) is 13.7. The van der Waals surface area contributed by atoms with Gasteiger partial charge >= 0.3 is 10.4 Å². The molecule has 4 aliphatic rings. The molecular formula is C26H46O7S. The van der Waals surface area contributed by atoms with Gasteiger partial charge in [0.1, 0.15) is 0 Å². The van der Waals surface area contributed by atoms with Gasteiger partial charge < -0.3 is 15.3 Å². The molecule has 8 heteroatoms. The van der Waals surface area contributed by atoms with Gasteiger partial charge in [-0.15, -0.1) is 0 Å². The Hall–Kier alpha value is -0.250. The highest BCUT2D eigenvalue weighted by molar-refractivity contribution is 7.80. The van der Waals surface area contributed by atoms with E-state index in [-0.39, 0.29) is 47.2 Å². The van der Waals surface area contributed by atoms with E-state index in [9.17, 15) is 23.7 Å². The van der Waals surface area contributed by atoms with Crippen molar-refractivity contribution in [3.63, 3.8) is 0 Å². The summed E-state index contributed by atoms with van der Waals surface area (Å²) in [6.45, 7) is 8.98. The minimum atomic E-state index is -4.40. The van der Waals surface area contributed by atoms with Crippen molar-refractivity contribution in [2.75, 3.05) is 6.61 Å². The maximum absolute atomic E-state index is 11.8. The molecule has 0 bridgehead atoms. The zero-order chi connectivity index (χ0) is 25.1. The number of fused-ring (bicyclic) bond motifs is 5. The van der Waals surface area contributed by atoms with Gasteiger partial charge in [-0.2, -0.15) is 8.42 Å². The quantitative estimate of drug-likeness (QED) is 0.308. The Morgan fingerprint density at radius 2 is 1.76 bits per heavy atom. The van der Waals surface area contributed by atoms with Crippen LogP contribution in [0.3, 0.4) is 0 Å². The molecule has 0 aromatic rings. The standard InChI is InChI=1S/C26H46O7S/c1-5-17-20-13-16(27)10-11-25(20,3)23-21(28)14-26(4)18(8-9-19(26)22(23)24(17)29)15(2)7-6-12-33-34(30,31)32/h15-24,27-29H,5-14H2,1-4H3,(H,30,31,32)/t15-,16-,17-,18-,19?,20?,21+,22?,23?,24-,25+,26-/m1/s1. The molecule has 7 nitrogen and oxygen atoms in total. The van der Waals surface area contributed by atoms with Crippen molar-refractivity contribution in [2.45, 2.75) is 104 Å². The smallest absolute Gasteiger partial charge is 0.393 e. The summed E-state index contributed by atoms with van der Waals surface area (Å²) in [4.78, 5) is 0. The van der Waals surface area contributed by atoms with E-state index in [1.807, 2.05) is 0 Å². The number of hydrogen-bond acceptors (Lipinski definition) is 6. The lowest BCUT2D eigenvalue weighted by Gasteiger charge is -2.66. The van der Waals surface area contributed by atoms with Crippen LogP contribution in [-0.2, 0) is 14.6 Å². The van der Waals surface area contributed by atoms with Crippen molar-refractivity contribution >= 4 is 10.4 Å². The summed E-state index contributed by atoms with van der Waals surface area (Å²) in [5, 5.41) is 33.9. The second-order valence-electron chi connectivity index (χ2n) is 12.6. The average Bonchev–Trinajstić information content (AvgIpc) is 3.08. The predicted molar refractivity (Wildman–Crippen MR) is 129 cm³/mol. The molecule has 198 valence electrons. The van der Waals surface area contributed by atoms with Gasteiger partial charge in [-0.05, 0) is 104 Å². The molecule has 0 radical (unpaired) electrons. The minimum Gasteiger partial charge on any atom is -0.393 e. The van der Waals surface area contributed by atoms with Crippen molar-refractivity contribution in [2.24, 2.45) is 52.3 Å². The van der Waals surface area contributed by atoms with Gasteiger partial charge in [-0.3, -0.25) is 4.55 Å². The van der Waals surface area contributed by atoms with Crippen LogP contribution in [0, 0.1) is 52.3 Å². The highest BCUT2D eigenvalue weighted by atomic mass is 32.3. The van der Waals surface area contributed by atoms with E-state index in [1.54, 1.807) is 0 Å². The molecule has 4 unspecified atom stereocenters. The first kappa shape index (κ1) is 26.8. The van der Waals surface area contributed by atoms with Crippen LogP contribution in [0.5, 0.6) is 0 Å². The molecule has 0 aliphatic heterocycles. The summed E-state index contributed by atoms with van der Waals surface area (Å²) in [7, 11) is -4.40. The third-order valence-corrected chi connectivity index (χ3v) is 11.6. The SMILES string of the molecule is CC[C@@H]1C2C[C@H](O)CC[C@]2(C)C2C(C3CC[C@H]([C@H](C)CCCOS(=O)(=O)O)[C@@]3(C)C[C@@H]2O)[C@@H]1O. The van der Waals surface area contributed by atoms with Gasteiger partial charge in [0.05, 0.1) is 24.9 Å². The number of aliphatic hydroxyl groups excluding tert-OH is 3. The molecular weight excluding hydrogens is 456 g/mol. The van der Waals surface area contributed by atoms with Gasteiger partial charge in [-0.25, -0.2) is 4.18 Å². The highest BCUT2D eigenvalue weighted by Crippen LogP contribution is 2.69. The Bertz CT molecular complexity index is 833. The number of aliphatic hydroxyl groups is 3. The minimum absolute atomic E-state index is 0.0220. The van der Waals surface area contributed by atoms with Gasteiger partial charge in [0, 0.05) is 0 Å². The first-order valence-corrected chi connectivity index (χ1v) is 14.9. The Morgan fingerprint density at radius 1 is 1.06 bits per heavy atom. The van der Waals surface area contributed by atoms with E-state index in [4.69, 9.17) is 4.55 Å². The highest BCUT2D eigenvalue weighted by Gasteiger charge is 2.67. The maximum Gasteiger partial charge on any atom is 0.397 e. The van der Waals surface area contributed by atoms with Crippen LogP contribution in [-0.4, -0.2) is 53.2 Å². The first-order valence-electron chi connectivity index (χ1n) is 13.5. The van der Waals surface area contributed by atoms with Crippen molar-refractivity contribution in [3.8, 4) is 0 Å². The number of hydrogen-bond donors (Lipinski definition) is 4. The van der Waals surface area contributed by atoms with E-state index >= 15 is 0 Å². The Labute approximate surface area is 205 Å². The molecule has 4 N–H and O–H groups in total. The van der Waals surface area contributed by atoms with E-state index < -0.39 is 22.6 Å². The molecule has 4 saturated carbocycles. The summed E-state index contributed by atoms with van der Waals surface area (Å²) in [6.07, 6.45) is 6.30. The monoisotopic (exact) mass is 502 g/mol. The van der Waals surface area contributed by atoms with Crippen LogP contribution in [0.25, 0.3) is 0 Å². The van der Waals surface area contributed by atoms with Crippen LogP contribution in [0.2, 0.25) is 0 Å². The van der Waals surface area contributed by atoms with Crippen LogP contribution in [0.4, 0.5) is 0 Å². The van der Waals surface area contributed by atoms with E-state index in [1.165, 1.54) is 0 Å². The molecule has 0 heterocycles. The molecule has 4 rings (SSSR count). The van der Waals surface area contributed by atoms with Gasteiger partial charge in [0.2, 0.25) is 0 Å². The van der Waals surface area contributed by atoms with E-state index in [0.29, 0.717) is 24.2 Å². The molecule has 0 aromatic carbocycles. The van der Waals surface area contributed by atoms with Crippen LogP contribution < -0.4 is 0 Å². The average molecular weight is 503 g/mol. The zero-order valence-corrected chi connectivity index (χ0v) is 22.1. The molecule has 0 spiro atoms. The Morgan fingerprint density at radius 3 is 2.41 bits per heavy atom. The summed E-state index contributed by atoms with van der Waals surface area (Å²) in [6, 6.07) is 0. The Kier molecular flexibility index (Phi) is 7.54. The number of rotatable bonds is 7. The van der Waals surface area contributed by atoms with E-state index in [2.05, 4.69) is 31.9 Å². The summed E-state index contributed by atoms with van der Waals surface area (Å²) in [5.41, 5.74) is -0.123. The summed E-state index contributed by atoms with van der Waals surface area (Å²) in [5.74, 6) is 1.63. The fourth-order valence-corrected chi connectivity index (χ4v) is 10.1. The third-order valence-electron chi connectivity index (χ3n) is 11.1. The summed E-state index contributed by atoms with van der Waals surface area (Å²) < 4.78 is 35.0. The predicted octanol–water partition coefficient (Wildman–Crippen LogP) is 3.82. The van der Waals surface area contributed by atoms with Gasteiger partial charge in [-0.1, -0.05) is 34.1 Å². The molecule has 0 saturated heterocycles. The lowest BCUT2D eigenvalue weighted by atomic mass is 9.40. The molecule has 0 aromatic heterocycles. The van der Waals surface area contributed by atoms with Crippen LogP contribution >= 0.6 is 0 Å². The topological polar surface area (TPSA) is 124 Å². The van der Waals surface area contributed by atoms with E-state index in [0.717, 1.165) is 51.4 Å². The molecule has 12 atom stereocenters. The summed E-state index contributed by atoms with van der Waals surface area (Å²) >= 11 is 0. The fraction of sp³-hybridized carbons (Fsp3) is 1.00. The maximum atomic E-state index is 11.8. The van der Waals surface area contributed by atoms with Crippen molar-refractivity contribution < 1.29 is 32.5 Å². The van der Waals surface area contributed by atoms with Gasteiger partial charge in [0.25, 0.3) is 0 Å². The third kappa shape index (κ3) is 4.49.